The van der Waals surface area contributed by atoms with Crippen LogP contribution >= 0.6 is 0 Å². The molecule has 8 aromatic rings. The number of phenols is 1. The normalized spacial score (nSPS) is 17.2. The lowest BCUT2D eigenvalue weighted by Gasteiger charge is -2.27. The molecular weight excluding hydrogens is 791 g/mol. The van der Waals surface area contributed by atoms with E-state index < -0.39 is 102 Å². The highest BCUT2D eigenvalue weighted by Gasteiger charge is 2.30. The molecule has 0 aliphatic heterocycles. The van der Waals surface area contributed by atoms with E-state index in [1.807, 2.05) is 145 Å². The van der Waals surface area contributed by atoms with Gasteiger partial charge in [0.1, 0.15) is 11.6 Å². The molecule has 4 nitrogen and oxygen atoms in total. The number of phenolic OH excluding ortho intramolecular Hbond substituents is 1. The summed E-state index contributed by atoms with van der Waals surface area (Å²) in [7, 11) is 0. The van der Waals surface area contributed by atoms with Gasteiger partial charge in [-0.1, -0.05) is 182 Å². The van der Waals surface area contributed by atoms with Crippen molar-refractivity contribution < 1.29 is 28.4 Å². The monoisotopic (exact) mass is 875 g/mol. The number of aromatic hydroxyl groups is 1. The van der Waals surface area contributed by atoms with Crippen molar-refractivity contribution >= 4 is 11.0 Å². The predicted octanol–water partition coefficient (Wildman–Crippen LogP) is 16.8. The Balaban J connectivity index is 1.47. The summed E-state index contributed by atoms with van der Waals surface area (Å²) in [6.07, 6.45) is -0.738. The molecule has 8 rings (SSSR count). The number of hydrogen-bond donors (Lipinski definition) is 1. The van der Waals surface area contributed by atoms with E-state index in [4.69, 9.17) is 24.2 Å². The van der Waals surface area contributed by atoms with Crippen molar-refractivity contribution in [3.8, 4) is 67.5 Å². The van der Waals surface area contributed by atoms with Gasteiger partial charge in [0.05, 0.1) is 37.6 Å². The third-order valence-electron chi connectivity index (χ3n) is 11.8. The molecule has 332 valence electrons. The number of rotatable bonds is 7. The van der Waals surface area contributed by atoms with Crippen molar-refractivity contribution in [3.05, 3.63) is 167 Å². The van der Waals surface area contributed by atoms with Crippen LogP contribution in [-0.2, 0) is 21.7 Å². The Morgan fingerprint density at radius 3 is 1.91 bits per heavy atom. The number of aromatic nitrogens is 3. The third kappa shape index (κ3) is 9.06. The second kappa shape index (κ2) is 16.6. The molecule has 6 aromatic carbocycles. The van der Waals surface area contributed by atoms with Gasteiger partial charge in [0.2, 0.25) is 0 Å². The van der Waals surface area contributed by atoms with E-state index >= 15 is 0 Å². The van der Waals surface area contributed by atoms with Crippen LogP contribution in [0.2, 0.25) is 0 Å². The van der Waals surface area contributed by atoms with Crippen LogP contribution in [0, 0.1) is 0 Å². The number of fused-ring (bicyclic) bond motifs is 1. The standard InChI is InChI=1S/C61H67N3O/c1-38(2)41-25-28-53(49(34-41)40-19-16-15-17-20-40)64-54-22-18-21-48(55(54)63-57(64)50-36-47(60(9,10)11)37-51(56(50)65)61(12,13)14)43-31-44(33-46(32-43)59(6,7)8)52-35-42(29-30-62-52)39-23-26-45(27-24-39)58(3,4)5/h15-38,65H,1-14H3/i3D3,4D3,5D3,23D,24D,26D,27D,29D,30D,35D,38D. The van der Waals surface area contributed by atoms with Gasteiger partial charge in [-0.25, -0.2) is 4.98 Å². The van der Waals surface area contributed by atoms with Crippen molar-refractivity contribution in [3.63, 3.8) is 0 Å². The Labute approximate surface area is 412 Å². The molecule has 65 heavy (non-hydrogen) atoms. The van der Waals surface area contributed by atoms with Crippen LogP contribution < -0.4 is 0 Å². The SMILES string of the molecule is [2H]c1nc(-c2cc(-c3cccc4c3nc(-c3cc(C(C)(C)C)cc(C(C)(C)C)c3O)n4-c3ccc(C([2H])(C)C)cc3-c3ccccc3)cc(C(C)(C)C)c2)c([2H])c(-c2c([2H])c([2H])c(C(C([2H])([2H])[2H])(C([2H])([2H])[2H])C([2H])([2H])[2H])c([2H])c2[2H])c1[2H]. The van der Waals surface area contributed by atoms with Gasteiger partial charge in [0.25, 0.3) is 0 Å². The van der Waals surface area contributed by atoms with Crippen molar-refractivity contribution in [2.75, 3.05) is 0 Å². The smallest absolute Gasteiger partial charge is 0.149 e. The zero-order valence-electron chi connectivity index (χ0n) is 56.0. The molecule has 1 N–H and O–H groups in total. The minimum atomic E-state index is -3.93. The van der Waals surface area contributed by atoms with Gasteiger partial charge in [0, 0.05) is 42.1 Å². The van der Waals surface area contributed by atoms with Gasteiger partial charge in [-0.3, -0.25) is 9.55 Å². The summed E-state index contributed by atoms with van der Waals surface area (Å²) in [6.45, 7) is 10.2. The molecule has 0 aliphatic carbocycles. The minimum Gasteiger partial charge on any atom is -0.507 e. The quantitative estimate of drug-likeness (QED) is 0.174. The first-order valence-corrected chi connectivity index (χ1v) is 21.8. The number of para-hydroxylation sites is 1. The summed E-state index contributed by atoms with van der Waals surface area (Å²) in [5.74, 6) is -0.494. The van der Waals surface area contributed by atoms with Crippen molar-refractivity contribution in [1.29, 1.82) is 0 Å². The minimum absolute atomic E-state index is 0.0530. The van der Waals surface area contributed by atoms with E-state index in [0.717, 1.165) is 33.4 Å². The number of nitrogens with zero attached hydrogens (tertiary/aromatic N) is 3. The summed E-state index contributed by atoms with van der Waals surface area (Å²) in [6, 6.07) is 24.6. The molecule has 4 heteroatoms. The van der Waals surface area contributed by atoms with Gasteiger partial charge < -0.3 is 5.11 Å². The van der Waals surface area contributed by atoms with Crippen molar-refractivity contribution in [1.82, 2.24) is 14.5 Å². The van der Waals surface area contributed by atoms with E-state index in [0.29, 0.717) is 39.2 Å². The fourth-order valence-electron chi connectivity index (χ4n) is 8.01. The summed E-state index contributed by atoms with van der Waals surface area (Å²) >= 11 is 0. The maximum atomic E-state index is 12.6. The number of pyridine rings is 1. The molecule has 0 radical (unpaired) electrons. The van der Waals surface area contributed by atoms with Crippen molar-refractivity contribution in [2.45, 2.75) is 124 Å². The summed E-state index contributed by atoms with van der Waals surface area (Å²) in [5, 5.41) is 12.6. The average Bonchev–Trinajstić information content (AvgIpc) is 0.796. The lowest BCUT2D eigenvalue weighted by atomic mass is 9.79. The zero-order valence-corrected chi connectivity index (χ0v) is 39.0. The molecule has 2 aromatic heterocycles. The van der Waals surface area contributed by atoms with Crippen LogP contribution in [0.3, 0.4) is 0 Å². The van der Waals surface area contributed by atoms with E-state index in [2.05, 4.69) is 25.8 Å². The molecule has 2 heterocycles. The maximum absolute atomic E-state index is 12.6. The Morgan fingerprint density at radius 1 is 0.585 bits per heavy atom. The largest absolute Gasteiger partial charge is 0.507 e. The van der Waals surface area contributed by atoms with Gasteiger partial charge in [0.15, 0.2) is 0 Å². The van der Waals surface area contributed by atoms with E-state index in [9.17, 15) is 9.22 Å². The first-order valence-electron chi connectivity index (χ1n) is 30.3. The summed E-state index contributed by atoms with van der Waals surface area (Å²) < 4.78 is 150. The maximum Gasteiger partial charge on any atom is 0.149 e. The molecule has 0 saturated carbocycles. The van der Waals surface area contributed by atoms with Gasteiger partial charge in [-0.2, -0.15) is 0 Å². The molecule has 0 bridgehead atoms. The second-order valence-corrected chi connectivity index (χ2v) is 20.2. The molecule has 0 atom stereocenters. The number of imidazole rings is 1. The summed E-state index contributed by atoms with van der Waals surface area (Å²) in [4.78, 5) is 9.95. The fourth-order valence-corrected chi connectivity index (χ4v) is 8.01. The first-order chi connectivity index (χ1) is 37.5. The van der Waals surface area contributed by atoms with Crippen LogP contribution in [0.4, 0.5) is 0 Å². The highest BCUT2D eigenvalue weighted by molar-refractivity contribution is 5.98. The zero-order chi connectivity index (χ0) is 61.3. The third-order valence-corrected chi connectivity index (χ3v) is 11.8. The average molecular weight is 875 g/mol. The summed E-state index contributed by atoms with van der Waals surface area (Å²) in [5.41, 5.74) is 0.221. The number of hydrogen-bond acceptors (Lipinski definition) is 3. The van der Waals surface area contributed by atoms with Gasteiger partial charge >= 0.3 is 0 Å². The van der Waals surface area contributed by atoms with Crippen LogP contribution in [0.25, 0.3) is 72.7 Å². The van der Waals surface area contributed by atoms with E-state index in [1.165, 1.54) is 0 Å². The van der Waals surface area contributed by atoms with Crippen LogP contribution in [0.5, 0.6) is 5.75 Å². The lowest BCUT2D eigenvalue weighted by Crippen LogP contribution is -2.17. The van der Waals surface area contributed by atoms with Crippen LogP contribution in [0.15, 0.2) is 139 Å². The predicted molar refractivity (Wildman–Crippen MR) is 277 cm³/mol. The van der Waals surface area contributed by atoms with E-state index in [1.54, 1.807) is 12.1 Å². The van der Waals surface area contributed by atoms with Crippen LogP contribution in [0.1, 0.15) is 154 Å². The second-order valence-electron chi connectivity index (χ2n) is 20.2. The van der Waals surface area contributed by atoms with Crippen molar-refractivity contribution in [2.24, 2.45) is 0 Å². The van der Waals surface area contributed by atoms with Gasteiger partial charge in [-0.15, -0.1) is 0 Å². The molecule has 0 unspecified atom stereocenters. The molecule has 0 aliphatic rings. The van der Waals surface area contributed by atoms with E-state index in [-0.39, 0.29) is 22.4 Å². The molecule has 0 spiro atoms. The fraction of sp³-hybridized carbons (Fsp3) is 0.311. The molecule has 0 amide bonds. The highest BCUT2D eigenvalue weighted by atomic mass is 16.3. The van der Waals surface area contributed by atoms with Gasteiger partial charge in [-0.05, 0) is 121 Å². The molecule has 0 saturated heterocycles. The number of benzene rings is 6. The van der Waals surface area contributed by atoms with Crippen LogP contribution in [-0.4, -0.2) is 19.6 Å². The topological polar surface area (TPSA) is 50.9 Å². The Kier molecular flexibility index (Phi) is 7.32. The first kappa shape index (κ1) is 28.6. The highest BCUT2D eigenvalue weighted by Crippen LogP contribution is 2.46. The lowest BCUT2D eigenvalue weighted by molar-refractivity contribution is 0.446. The Bertz CT molecular complexity index is 3780. The Morgan fingerprint density at radius 2 is 1.26 bits per heavy atom. The molecular formula is C61H67N3O. The molecule has 0 fully saturated rings. The Hall–Kier alpha value is -6.26.